The van der Waals surface area contributed by atoms with Crippen LogP contribution in [0.4, 0.5) is 0 Å². The van der Waals surface area contributed by atoms with Crippen LogP contribution >= 0.6 is 11.3 Å². The molecule has 0 amide bonds. The van der Waals surface area contributed by atoms with Crippen LogP contribution in [0.25, 0.3) is 81.1 Å². The third-order valence-electron chi connectivity index (χ3n) is 10.7. The number of fused-ring (bicyclic) bond motifs is 9. The van der Waals surface area contributed by atoms with Crippen molar-refractivity contribution in [2.75, 3.05) is 0 Å². The second-order valence-corrected chi connectivity index (χ2v) is 15.1. The standard InChI is InChI=1S/C50H32N6OS/c1-51-48(31-16-4-2-5-17-31)55-50(52-30-32-18-14-28-41-43(32)35-22-9-12-27-40(35)57-41)46-47-45(36-23-10-13-29-42(36)58-47)53-49(54-46)37-24-15-26-39-44(37)34-21-8-11-25-38(34)56(39)33-19-6-3-7-20-33/h2-29H,1,30H2. The van der Waals surface area contributed by atoms with Crippen LogP contribution in [0, 0.1) is 0 Å². The Morgan fingerprint density at radius 3 is 2.14 bits per heavy atom. The van der Waals surface area contributed by atoms with Gasteiger partial charge in [-0.2, -0.15) is 0 Å². The summed E-state index contributed by atoms with van der Waals surface area (Å²) in [5.41, 5.74) is 9.16. The molecular weight excluding hydrogens is 733 g/mol. The van der Waals surface area contributed by atoms with Gasteiger partial charge >= 0.3 is 0 Å². The molecule has 11 aromatic rings. The molecule has 58 heavy (non-hydrogen) atoms. The zero-order chi connectivity index (χ0) is 38.6. The van der Waals surface area contributed by atoms with Crippen molar-refractivity contribution in [1.29, 1.82) is 0 Å². The van der Waals surface area contributed by atoms with Crippen LogP contribution in [0.1, 0.15) is 16.8 Å². The Morgan fingerprint density at radius 1 is 0.603 bits per heavy atom. The summed E-state index contributed by atoms with van der Waals surface area (Å²) in [6.07, 6.45) is 0. The average molecular weight is 765 g/mol. The molecule has 7 aromatic carbocycles. The van der Waals surface area contributed by atoms with Gasteiger partial charge in [-0.1, -0.05) is 127 Å². The van der Waals surface area contributed by atoms with E-state index in [-0.39, 0.29) is 0 Å². The van der Waals surface area contributed by atoms with E-state index in [1.807, 2.05) is 66.7 Å². The zero-order valence-corrected chi connectivity index (χ0v) is 31.9. The molecule has 0 unspecified atom stereocenters. The number of nitrogens with zero attached hydrogens (tertiary/aromatic N) is 6. The summed E-state index contributed by atoms with van der Waals surface area (Å²) in [4.78, 5) is 25.9. The normalized spacial score (nSPS) is 12.5. The molecule has 0 N–H and O–H groups in total. The smallest absolute Gasteiger partial charge is 0.177 e. The van der Waals surface area contributed by atoms with Gasteiger partial charge in [-0.25, -0.2) is 20.0 Å². The Balaban J connectivity index is 1.20. The summed E-state index contributed by atoms with van der Waals surface area (Å²) in [6, 6.07) is 57.9. The van der Waals surface area contributed by atoms with Crippen molar-refractivity contribution in [1.82, 2.24) is 14.5 Å². The first-order chi connectivity index (χ1) is 28.7. The largest absolute Gasteiger partial charge is 0.456 e. The SMILES string of the molecule is C=NC(=NC(=NCc1cccc2oc3ccccc3c12)c1nc(-c2cccc3c2c2ccccc2n3-c2ccccc2)nc2c1sc1ccccc12)c1ccccc1. The van der Waals surface area contributed by atoms with Gasteiger partial charge < -0.3 is 8.98 Å². The fourth-order valence-electron chi connectivity index (χ4n) is 8.11. The molecule has 11 rings (SSSR count). The van der Waals surface area contributed by atoms with Crippen LogP contribution in [-0.2, 0) is 6.54 Å². The van der Waals surface area contributed by atoms with Gasteiger partial charge in [-0.3, -0.25) is 4.99 Å². The monoisotopic (exact) mass is 764 g/mol. The molecule has 0 aliphatic heterocycles. The summed E-state index contributed by atoms with van der Waals surface area (Å²) < 4.78 is 10.6. The number of benzene rings is 7. The number of hydrogen-bond acceptors (Lipinski definition) is 5. The molecule has 0 fully saturated rings. The van der Waals surface area contributed by atoms with Gasteiger partial charge in [0, 0.05) is 48.4 Å². The summed E-state index contributed by atoms with van der Waals surface area (Å²) in [6.45, 7) is 4.27. The molecule has 0 aliphatic rings. The topological polar surface area (TPSA) is 80.9 Å². The number of rotatable bonds is 6. The fraction of sp³-hybridized carbons (Fsp3) is 0.0200. The quantitative estimate of drug-likeness (QED) is 0.125. The molecule has 0 saturated carbocycles. The molecule has 0 aliphatic carbocycles. The highest BCUT2D eigenvalue weighted by Crippen LogP contribution is 2.41. The lowest BCUT2D eigenvalue weighted by Gasteiger charge is -2.10. The summed E-state index contributed by atoms with van der Waals surface area (Å²) >= 11 is 1.65. The van der Waals surface area contributed by atoms with Crippen molar-refractivity contribution in [3.05, 3.63) is 187 Å². The van der Waals surface area contributed by atoms with E-state index < -0.39 is 0 Å². The van der Waals surface area contributed by atoms with E-state index in [4.69, 9.17) is 24.4 Å². The highest BCUT2D eigenvalue weighted by Gasteiger charge is 2.23. The second kappa shape index (κ2) is 13.9. The van der Waals surface area contributed by atoms with Crippen molar-refractivity contribution in [2.45, 2.75) is 6.54 Å². The lowest BCUT2D eigenvalue weighted by atomic mass is 10.1. The Morgan fingerprint density at radius 2 is 1.29 bits per heavy atom. The first-order valence-electron chi connectivity index (χ1n) is 19.1. The maximum atomic E-state index is 6.26. The third-order valence-corrected chi connectivity index (χ3v) is 11.8. The fourth-order valence-corrected chi connectivity index (χ4v) is 9.23. The molecule has 4 aromatic heterocycles. The number of para-hydroxylation sites is 3. The molecule has 274 valence electrons. The molecule has 0 bridgehead atoms. The molecular formula is C50H32N6OS. The first kappa shape index (κ1) is 33.8. The predicted octanol–water partition coefficient (Wildman–Crippen LogP) is 12.6. The number of thiophene rings is 1. The van der Waals surface area contributed by atoms with Crippen molar-refractivity contribution < 1.29 is 4.42 Å². The minimum absolute atomic E-state index is 0.324. The molecule has 0 radical (unpaired) electrons. The maximum absolute atomic E-state index is 6.26. The maximum Gasteiger partial charge on any atom is 0.177 e. The predicted molar refractivity (Wildman–Crippen MR) is 241 cm³/mol. The number of furan rings is 1. The van der Waals surface area contributed by atoms with E-state index in [1.165, 1.54) is 0 Å². The molecule has 7 nitrogen and oxygen atoms in total. The molecule has 0 atom stereocenters. The van der Waals surface area contributed by atoms with Crippen LogP contribution in [0.5, 0.6) is 0 Å². The van der Waals surface area contributed by atoms with Gasteiger partial charge in [0.15, 0.2) is 17.5 Å². The Labute approximate surface area is 336 Å². The van der Waals surface area contributed by atoms with Crippen LogP contribution in [0.15, 0.2) is 189 Å². The summed E-state index contributed by atoms with van der Waals surface area (Å²) in [5, 5.41) is 5.32. The van der Waals surface area contributed by atoms with Crippen molar-refractivity contribution >= 4 is 93.8 Å². The molecule has 4 heterocycles. The zero-order valence-electron chi connectivity index (χ0n) is 31.1. The van der Waals surface area contributed by atoms with Gasteiger partial charge in [-0.15, -0.1) is 11.3 Å². The van der Waals surface area contributed by atoms with Gasteiger partial charge in [0.05, 0.1) is 27.8 Å². The minimum Gasteiger partial charge on any atom is -0.456 e. The summed E-state index contributed by atoms with van der Waals surface area (Å²) in [5.74, 6) is 1.48. The average Bonchev–Trinajstić information content (AvgIpc) is 3.97. The third kappa shape index (κ3) is 5.53. The van der Waals surface area contributed by atoms with Gasteiger partial charge in [0.25, 0.3) is 0 Å². The number of aliphatic imine (C=N–C) groups is 3. The van der Waals surface area contributed by atoms with Crippen LogP contribution in [-0.4, -0.2) is 32.9 Å². The van der Waals surface area contributed by atoms with Crippen molar-refractivity contribution in [2.24, 2.45) is 15.0 Å². The second-order valence-electron chi connectivity index (χ2n) is 14.0. The Bertz CT molecular complexity index is 3450. The lowest BCUT2D eigenvalue weighted by molar-refractivity contribution is 0.668. The number of amidine groups is 2. The van der Waals surface area contributed by atoms with E-state index in [1.54, 1.807) is 11.3 Å². The van der Waals surface area contributed by atoms with E-state index in [0.29, 0.717) is 29.7 Å². The van der Waals surface area contributed by atoms with Gasteiger partial charge in [0.1, 0.15) is 16.9 Å². The number of hydrogen-bond donors (Lipinski definition) is 0. The Hall–Kier alpha value is -7.55. The number of aromatic nitrogens is 3. The van der Waals surface area contributed by atoms with Gasteiger partial charge in [0.2, 0.25) is 0 Å². The highest BCUT2D eigenvalue weighted by molar-refractivity contribution is 7.26. The van der Waals surface area contributed by atoms with E-state index in [2.05, 4.69) is 119 Å². The molecule has 8 heteroatoms. The van der Waals surface area contributed by atoms with E-state index in [0.717, 1.165) is 86.4 Å². The first-order valence-corrected chi connectivity index (χ1v) is 19.9. The lowest BCUT2D eigenvalue weighted by Crippen LogP contribution is -2.09. The van der Waals surface area contributed by atoms with Crippen LogP contribution in [0.3, 0.4) is 0 Å². The van der Waals surface area contributed by atoms with Crippen LogP contribution in [0.2, 0.25) is 0 Å². The highest BCUT2D eigenvalue weighted by atomic mass is 32.1. The van der Waals surface area contributed by atoms with Crippen molar-refractivity contribution in [3.8, 4) is 17.1 Å². The molecule has 0 spiro atoms. The molecule has 0 saturated heterocycles. The minimum atomic E-state index is 0.324. The van der Waals surface area contributed by atoms with Crippen molar-refractivity contribution in [3.63, 3.8) is 0 Å². The van der Waals surface area contributed by atoms with E-state index in [9.17, 15) is 0 Å². The van der Waals surface area contributed by atoms with Crippen LogP contribution < -0.4 is 0 Å². The summed E-state index contributed by atoms with van der Waals surface area (Å²) in [7, 11) is 0. The van der Waals surface area contributed by atoms with E-state index >= 15 is 0 Å². The Kier molecular flexibility index (Phi) is 8.08. The van der Waals surface area contributed by atoms with Gasteiger partial charge in [-0.05, 0) is 54.7 Å².